The molecular weight excluding hydrogens is 432 g/mol. The molecule has 1 amide bonds. The maximum Gasteiger partial charge on any atom is 0.416 e. The van der Waals surface area contributed by atoms with Crippen LogP contribution in [-0.2, 0) is 33.5 Å². The van der Waals surface area contributed by atoms with Gasteiger partial charge in [0.2, 0.25) is 0 Å². The number of hydrogen-bond acceptors (Lipinski definition) is 5. The van der Waals surface area contributed by atoms with Gasteiger partial charge in [0.15, 0.2) is 6.04 Å². The van der Waals surface area contributed by atoms with Crippen molar-refractivity contribution >= 4 is 17.9 Å². The number of ether oxygens (including phenoxy) is 2. The molecule has 2 aromatic carbocycles. The molecule has 0 fully saturated rings. The SMILES string of the molecule is COC(=O)C1CN(C(=O)OCc2ccccc2)C(CCc2c(F)cccc2C(F)(F)F)=N1. The standard InChI is InChI=1S/C22H20F4N2O4/c1-31-20(29)18-12-28(21(30)32-13-14-6-3-2-4-7-14)19(27-18)11-10-15-16(22(24,25)26)8-5-9-17(15)23/h2-9,18H,10-13H2,1H3. The van der Waals surface area contributed by atoms with E-state index in [4.69, 9.17) is 4.74 Å². The number of carbonyl (C=O) groups is 2. The Labute approximate surface area is 181 Å². The van der Waals surface area contributed by atoms with Gasteiger partial charge < -0.3 is 9.47 Å². The highest BCUT2D eigenvalue weighted by atomic mass is 19.4. The lowest BCUT2D eigenvalue weighted by Crippen LogP contribution is -2.37. The van der Waals surface area contributed by atoms with Crippen molar-refractivity contribution in [2.24, 2.45) is 4.99 Å². The third-order valence-electron chi connectivity index (χ3n) is 4.89. The minimum Gasteiger partial charge on any atom is -0.467 e. The molecule has 3 rings (SSSR count). The first-order valence-electron chi connectivity index (χ1n) is 9.68. The first kappa shape index (κ1) is 23.2. The van der Waals surface area contributed by atoms with Crippen molar-refractivity contribution in [1.29, 1.82) is 0 Å². The first-order valence-corrected chi connectivity index (χ1v) is 9.68. The third-order valence-corrected chi connectivity index (χ3v) is 4.89. The van der Waals surface area contributed by atoms with Gasteiger partial charge in [-0.1, -0.05) is 36.4 Å². The number of benzene rings is 2. The van der Waals surface area contributed by atoms with Crippen LogP contribution in [0.5, 0.6) is 0 Å². The molecule has 1 aliphatic rings. The fraction of sp³-hybridized carbons (Fsp3) is 0.318. The minimum atomic E-state index is -4.74. The molecule has 0 aliphatic carbocycles. The molecule has 0 spiro atoms. The van der Waals surface area contributed by atoms with E-state index in [1.807, 2.05) is 0 Å². The van der Waals surface area contributed by atoms with Crippen molar-refractivity contribution in [1.82, 2.24) is 4.90 Å². The number of aliphatic imine (C=N–C) groups is 1. The molecule has 10 heteroatoms. The van der Waals surface area contributed by atoms with Crippen LogP contribution in [0.3, 0.4) is 0 Å². The van der Waals surface area contributed by atoms with E-state index in [0.29, 0.717) is 0 Å². The van der Waals surface area contributed by atoms with Crippen molar-refractivity contribution < 1.29 is 36.6 Å². The average Bonchev–Trinajstić information content (AvgIpc) is 3.20. The Balaban J connectivity index is 1.77. The molecule has 2 aromatic rings. The monoisotopic (exact) mass is 452 g/mol. The summed E-state index contributed by atoms with van der Waals surface area (Å²) < 4.78 is 63.9. The summed E-state index contributed by atoms with van der Waals surface area (Å²) in [6, 6.07) is 10.5. The number of amides is 1. The Hall–Kier alpha value is -3.43. The number of halogens is 4. The second kappa shape index (κ2) is 9.80. The quantitative estimate of drug-likeness (QED) is 0.482. The number of hydrogen-bond donors (Lipinski definition) is 0. The molecule has 0 radical (unpaired) electrons. The Morgan fingerprint density at radius 2 is 1.81 bits per heavy atom. The summed E-state index contributed by atoms with van der Waals surface area (Å²) >= 11 is 0. The lowest BCUT2D eigenvalue weighted by atomic mass is 10.0. The van der Waals surface area contributed by atoms with Crippen LogP contribution in [0.2, 0.25) is 0 Å². The van der Waals surface area contributed by atoms with Gasteiger partial charge in [-0.3, -0.25) is 9.89 Å². The van der Waals surface area contributed by atoms with Gasteiger partial charge >= 0.3 is 18.2 Å². The minimum absolute atomic E-state index is 0.0230. The summed E-state index contributed by atoms with van der Waals surface area (Å²) in [5, 5.41) is 0. The van der Waals surface area contributed by atoms with Gasteiger partial charge in [0.25, 0.3) is 0 Å². The molecule has 1 aliphatic heterocycles. The largest absolute Gasteiger partial charge is 0.467 e. The predicted molar refractivity (Wildman–Crippen MR) is 106 cm³/mol. The fourth-order valence-corrected chi connectivity index (χ4v) is 3.32. The Morgan fingerprint density at radius 1 is 1.09 bits per heavy atom. The van der Waals surface area contributed by atoms with E-state index in [0.717, 1.165) is 35.8 Å². The lowest BCUT2D eigenvalue weighted by Gasteiger charge is -2.19. The molecule has 0 saturated heterocycles. The number of alkyl halides is 3. The van der Waals surface area contributed by atoms with E-state index >= 15 is 0 Å². The maximum atomic E-state index is 14.2. The van der Waals surface area contributed by atoms with Crippen LogP contribution in [0.4, 0.5) is 22.4 Å². The Kier molecular flexibility index (Phi) is 7.12. The van der Waals surface area contributed by atoms with Gasteiger partial charge in [-0.05, 0) is 24.1 Å². The summed E-state index contributed by atoms with van der Waals surface area (Å²) in [7, 11) is 1.16. The third kappa shape index (κ3) is 5.43. The van der Waals surface area contributed by atoms with Gasteiger partial charge in [0.1, 0.15) is 18.3 Å². The molecule has 1 atom stereocenters. The summed E-state index contributed by atoms with van der Waals surface area (Å²) in [4.78, 5) is 29.7. The smallest absolute Gasteiger partial charge is 0.416 e. The van der Waals surface area contributed by atoms with Gasteiger partial charge in [-0.15, -0.1) is 0 Å². The molecule has 170 valence electrons. The lowest BCUT2D eigenvalue weighted by molar-refractivity contribution is -0.142. The predicted octanol–water partition coefficient (Wildman–Crippen LogP) is 4.37. The number of esters is 1. The van der Waals surface area contributed by atoms with Gasteiger partial charge in [-0.25, -0.2) is 14.0 Å². The molecule has 32 heavy (non-hydrogen) atoms. The summed E-state index contributed by atoms with van der Waals surface area (Å²) in [5.74, 6) is -1.70. The summed E-state index contributed by atoms with van der Waals surface area (Å²) in [5.41, 5.74) is -0.912. The molecule has 0 aromatic heterocycles. The molecule has 0 saturated carbocycles. The molecule has 1 heterocycles. The van der Waals surface area contributed by atoms with Crippen molar-refractivity contribution in [2.45, 2.75) is 31.7 Å². The van der Waals surface area contributed by atoms with Crippen LogP contribution in [0, 0.1) is 5.82 Å². The highest BCUT2D eigenvalue weighted by Gasteiger charge is 2.37. The highest BCUT2D eigenvalue weighted by molar-refractivity contribution is 5.99. The fourth-order valence-electron chi connectivity index (χ4n) is 3.32. The molecule has 6 nitrogen and oxygen atoms in total. The number of nitrogens with zero attached hydrogens (tertiary/aromatic N) is 2. The zero-order chi connectivity index (χ0) is 23.3. The molecular formula is C22H20F4N2O4. The second-order valence-corrected chi connectivity index (χ2v) is 7.00. The van der Waals surface area contributed by atoms with Gasteiger partial charge in [-0.2, -0.15) is 13.2 Å². The van der Waals surface area contributed by atoms with Crippen molar-refractivity contribution in [3.8, 4) is 0 Å². The van der Waals surface area contributed by atoms with E-state index in [1.54, 1.807) is 30.3 Å². The Morgan fingerprint density at radius 3 is 2.47 bits per heavy atom. The van der Waals surface area contributed by atoms with E-state index < -0.39 is 41.2 Å². The number of amidine groups is 1. The van der Waals surface area contributed by atoms with E-state index in [9.17, 15) is 27.2 Å². The number of rotatable bonds is 6. The topological polar surface area (TPSA) is 68.2 Å². The van der Waals surface area contributed by atoms with Crippen LogP contribution in [-0.4, -0.2) is 42.5 Å². The molecule has 0 N–H and O–H groups in total. The van der Waals surface area contributed by atoms with Gasteiger partial charge in [0.05, 0.1) is 19.2 Å². The van der Waals surface area contributed by atoms with Crippen LogP contribution in [0.1, 0.15) is 23.1 Å². The van der Waals surface area contributed by atoms with E-state index in [1.165, 1.54) is 0 Å². The normalized spacial score (nSPS) is 16.0. The van der Waals surface area contributed by atoms with Crippen LogP contribution >= 0.6 is 0 Å². The van der Waals surface area contributed by atoms with Crippen LogP contribution < -0.4 is 0 Å². The first-order chi connectivity index (χ1) is 15.2. The van der Waals surface area contributed by atoms with Crippen molar-refractivity contribution in [3.63, 3.8) is 0 Å². The number of carbonyl (C=O) groups excluding carboxylic acids is 2. The van der Waals surface area contributed by atoms with E-state index in [-0.39, 0.29) is 31.8 Å². The number of methoxy groups -OCH3 is 1. The van der Waals surface area contributed by atoms with Crippen LogP contribution in [0.15, 0.2) is 53.5 Å². The van der Waals surface area contributed by atoms with Crippen LogP contribution in [0.25, 0.3) is 0 Å². The molecule has 0 bridgehead atoms. The average molecular weight is 452 g/mol. The highest BCUT2D eigenvalue weighted by Crippen LogP contribution is 2.34. The van der Waals surface area contributed by atoms with Crippen molar-refractivity contribution in [3.05, 3.63) is 71.0 Å². The van der Waals surface area contributed by atoms with Crippen molar-refractivity contribution in [2.75, 3.05) is 13.7 Å². The maximum absolute atomic E-state index is 14.2. The van der Waals surface area contributed by atoms with Gasteiger partial charge in [0, 0.05) is 12.0 Å². The second-order valence-electron chi connectivity index (χ2n) is 7.00. The Bertz CT molecular complexity index is 1010. The zero-order valence-electron chi connectivity index (χ0n) is 17.1. The zero-order valence-corrected chi connectivity index (χ0v) is 17.1. The summed E-state index contributed by atoms with van der Waals surface area (Å²) in [6.07, 6.45) is -6.14. The van der Waals surface area contributed by atoms with E-state index in [2.05, 4.69) is 9.73 Å². The molecule has 1 unspecified atom stereocenters. The summed E-state index contributed by atoms with van der Waals surface area (Å²) in [6.45, 7) is -0.225.